The molecule has 2 aromatic rings. The van der Waals surface area contributed by atoms with Gasteiger partial charge >= 0.3 is 0 Å². The van der Waals surface area contributed by atoms with Gasteiger partial charge in [0.25, 0.3) is 0 Å². The second-order valence-corrected chi connectivity index (χ2v) is 5.52. The lowest BCUT2D eigenvalue weighted by Crippen LogP contribution is -2.14. The molecule has 0 N–H and O–H groups in total. The second-order valence-electron chi connectivity index (χ2n) is 5.52. The molecule has 0 amide bonds. The van der Waals surface area contributed by atoms with Gasteiger partial charge in [0, 0.05) is 5.41 Å². The van der Waals surface area contributed by atoms with Crippen molar-refractivity contribution in [2.75, 3.05) is 0 Å². The van der Waals surface area contributed by atoms with Crippen molar-refractivity contribution in [2.45, 2.75) is 26.2 Å². The van der Waals surface area contributed by atoms with Gasteiger partial charge in [0.05, 0.1) is 0 Å². The van der Waals surface area contributed by atoms with E-state index in [-0.39, 0.29) is 5.41 Å². The number of hydrogen-bond acceptors (Lipinski definition) is 0. The van der Waals surface area contributed by atoms with Crippen LogP contribution in [-0.4, -0.2) is 0 Å². The van der Waals surface area contributed by atoms with Gasteiger partial charge in [0.15, 0.2) is 0 Å². The molecule has 0 saturated heterocycles. The number of hydrogen-bond donors (Lipinski definition) is 0. The zero-order valence-corrected chi connectivity index (χ0v) is 11.2. The van der Waals surface area contributed by atoms with Crippen molar-refractivity contribution in [3.63, 3.8) is 0 Å². The van der Waals surface area contributed by atoms with Gasteiger partial charge in [-0.05, 0) is 40.0 Å². The van der Waals surface area contributed by atoms with Gasteiger partial charge < -0.3 is 0 Å². The standard InChI is InChI=1S/C18H18/c1-5-15-12(2)17-14-9-7-6-8-13(14)10-11-16(17)18(15,3)4/h5-11H,2H2,1,3-4H3/b15-5+. The number of rotatable bonds is 0. The molecule has 0 bridgehead atoms. The molecular formula is C18H18. The van der Waals surface area contributed by atoms with Crippen molar-refractivity contribution in [1.82, 2.24) is 0 Å². The van der Waals surface area contributed by atoms with Crippen LogP contribution in [0, 0.1) is 0 Å². The highest BCUT2D eigenvalue weighted by molar-refractivity contribution is 6.02. The highest BCUT2D eigenvalue weighted by atomic mass is 14.4. The van der Waals surface area contributed by atoms with Gasteiger partial charge in [-0.1, -0.05) is 62.9 Å². The van der Waals surface area contributed by atoms with E-state index in [2.05, 4.69) is 69.8 Å². The fraction of sp³-hybridized carbons (Fsp3) is 0.222. The van der Waals surface area contributed by atoms with E-state index >= 15 is 0 Å². The van der Waals surface area contributed by atoms with Gasteiger partial charge in [0.1, 0.15) is 0 Å². The van der Waals surface area contributed by atoms with E-state index in [1.165, 1.54) is 33.0 Å². The minimum atomic E-state index is 0.0746. The van der Waals surface area contributed by atoms with Gasteiger partial charge in [-0.2, -0.15) is 0 Å². The topological polar surface area (TPSA) is 0 Å². The van der Waals surface area contributed by atoms with Crippen LogP contribution in [0.1, 0.15) is 31.9 Å². The molecule has 2 aromatic carbocycles. The molecule has 1 aliphatic carbocycles. The van der Waals surface area contributed by atoms with Crippen molar-refractivity contribution in [3.8, 4) is 0 Å². The molecule has 0 nitrogen and oxygen atoms in total. The lowest BCUT2D eigenvalue weighted by atomic mass is 9.82. The van der Waals surface area contributed by atoms with Crippen molar-refractivity contribution >= 4 is 16.3 Å². The summed E-state index contributed by atoms with van der Waals surface area (Å²) in [6.07, 6.45) is 2.21. The maximum Gasteiger partial charge on any atom is 0.0155 e. The molecule has 0 radical (unpaired) electrons. The van der Waals surface area contributed by atoms with Crippen LogP contribution in [0.25, 0.3) is 16.3 Å². The van der Waals surface area contributed by atoms with Crippen LogP contribution in [0.5, 0.6) is 0 Å². The average molecular weight is 234 g/mol. The minimum Gasteiger partial charge on any atom is -0.0908 e. The number of allylic oxidation sites excluding steroid dienone is 3. The van der Waals surface area contributed by atoms with Crippen molar-refractivity contribution < 1.29 is 0 Å². The Balaban J connectivity index is 2.46. The van der Waals surface area contributed by atoms with Crippen LogP contribution in [0.15, 0.2) is 54.6 Å². The summed E-state index contributed by atoms with van der Waals surface area (Å²) < 4.78 is 0. The van der Waals surface area contributed by atoms with E-state index in [0.29, 0.717) is 0 Å². The first-order valence-corrected chi connectivity index (χ1v) is 6.46. The van der Waals surface area contributed by atoms with Crippen molar-refractivity contribution in [2.24, 2.45) is 0 Å². The van der Waals surface area contributed by atoms with Crippen LogP contribution in [0.4, 0.5) is 0 Å². The lowest BCUT2D eigenvalue weighted by Gasteiger charge is -2.21. The molecule has 0 fully saturated rings. The Kier molecular flexibility index (Phi) is 2.25. The van der Waals surface area contributed by atoms with Gasteiger partial charge in [-0.25, -0.2) is 0 Å². The molecule has 90 valence electrons. The number of benzene rings is 2. The highest BCUT2D eigenvalue weighted by Gasteiger charge is 2.37. The van der Waals surface area contributed by atoms with E-state index in [0.717, 1.165) is 0 Å². The molecular weight excluding hydrogens is 216 g/mol. The predicted octanol–water partition coefficient (Wildman–Crippen LogP) is 5.09. The molecule has 1 aliphatic rings. The van der Waals surface area contributed by atoms with Gasteiger partial charge in [-0.15, -0.1) is 0 Å². The first-order valence-electron chi connectivity index (χ1n) is 6.46. The van der Waals surface area contributed by atoms with E-state index in [1.807, 2.05) is 0 Å². The summed E-state index contributed by atoms with van der Waals surface area (Å²) in [4.78, 5) is 0. The zero-order valence-electron chi connectivity index (χ0n) is 11.2. The Bertz CT molecular complexity index is 684. The molecule has 0 heterocycles. The predicted molar refractivity (Wildman–Crippen MR) is 79.8 cm³/mol. The van der Waals surface area contributed by atoms with E-state index in [1.54, 1.807) is 0 Å². The highest BCUT2D eigenvalue weighted by Crippen LogP contribution is 2.50. The van der Waals surface area contributed by atoms with Crippen LogP contribution in [-0.2, 0) is 5.41 Å². The van der Waals surface area contributed by atoms with Crippen LogP contribution in [0.2, 0.25) is 0 Å². The molecule has 18 heavy (non-hydrogen) atoms. The summed E-state index contributed by atoms with van der Waals surface area (Å²) in [6, 6.07) is 13.1. The summed E-state index contributed by atoms with van der Waals surface area (Å²) in [5, 5.41) is 2.62. The minimum absolute atomic E-state index is 0.0746. The Morgan fingerprint density at radius 3 is 2.50 bits per heavy atom. The lowest BCUT2D eigenvalue weighted by molar-refractivity contribution is 0.660. The molecule has 0 spiro atoms. The van der Waals surface area contributed by atoms with E-state index < -0.39 is 0 Å². The molecule has 0 aliphatic heterocycles. The SMILES string of the molecule is C=C1/C(=C\C)C(C)(C)c2ccc3ccccc3c21. The molecule has 0 aromatic heterocycles. The van der Waals surface area contributed by atoms with Gasteiger partial charge in [0.2, 0.25) is 0 Å². The third-order valence-electron chi connectivity index (χ3n) is 4.19. The normalized spacial score (nSPS) is 19.5. The molecule has 0 unspecified atom stereocenters. The Hall–Kier alpha value is -1.82. The second kappa shape index (κ2) is 3.58. The maximum atomic E-state index is 4.33. The quantitative estimate of drug-likeness (QED) is 0.595. The average Bonchev–Trinajstić information content (AvgIpc) is 2.56. The first-order chi connectivity index (χ1) is 8.57. The first kappa shape index (κ1) is 11.3. The third-order valence-corrected chi connectivity index (χ3v) is 4.19. The maximum absolute atomic E-state index is 4.33. The van der Waals surface area contributed by atoms with Crippen LogP contribution < -0.4 is 0 Å². The molecule has 0 heteroatoms. The summed E-state index contributed by atoms with van der Waals surface area (Å²) >= 11 is 0. The van der Waals surface area contributed by atoms with Crippen molar-refractivity contribution in [1.29, 1.82) is 0 Å². The summed E-state index contributed by atoms with van der Waals surface area (Å²) in [5.41, 5.74) is 5.36. The van der Waals surface area contributed by atoms with Crippen LogP contribution >= 0.6 is 0 Å². The Morgan fingerprint density at radius 1 is 1.06 bits per heavy atom. The monoisotopic (exact) mass is 234 g/mol. The van der Waals surface area contributed by atoms with Gasteiger partial charge in [-0.3, -0.25) is 0 Å². The molecule has 0 saturated carbocycles. The molecule has 0 atom stereocenters. The summed E-state index contributed by atoms with van der Waals surface area (Å²) in [7, 11) is 0. The summed E-state index contributed by atoms with van der Waals surface area (Å²) in [6.45, 7) is 11.0. The molecule has 3 rings (SSSR count). The van der Waals surface area contributed by atoms with Crippen molar-refractivity contribution in [3.05, 3.63) is 65.8 Å². The third kappa shape index (κ3) is 1.26. The Labute approximate surface area is 109 Å². The van der Waals surface area contributed by atoms with E-state index in [4.69, 9.17) is 0 Å². The fourth-order valence-corrected chi connectivity index (χ4v) is 3.31. The smallest absolute Gasteiger partial charge is 0.0155 e. The van der Waals surface area contributed by atoms with Crippen LogP contribution in [0.3, 0.4) is 0 Å². The largest absolute Gasteiger partial charge is 0.0908 e. The number of fused-ring (bicyclic) bond motifs is 3. The van der Waals surface area contributed by atoms with E-state index in [9.17, 15) is 0 Å². The Morgan fingerprint density at radius 2 is 1.78 bits per heavy atom. The fourth-order valence-electron chi connectivity index (χ4n) is 3.31. The zero-order chi connectivity index (χ0) is 12.9. The summed E-state index contributed by atoms with van der Waals surface area (Å²) in [5.74, 6) is 0.